The Morgan fingerprint density at radius 3 is 1.41 bits per heavy atom. The van der Waals surface area contributed by atoms with E-state index in [1.165, 1.54) is 60.3 Å². The molecule has 0 fully saturated rings. The van der Waals surface area contributed by atoms with Crippen molar-refractivity contribution in [2.24, 2.45) is 0 Å². The zero-order valence-corrected chi connectivity index (χ0v) is 31.7. The van der Waals surface area contributed by atoms with Gasteiger partial charge in [0.25, 0.3) is 0 Å². The molecular weight excluding hydrogens is 701 g/mol. The molecule has 0 N–H and O–H groups in total. The van der Waals surface area contributed by atoms with Crippen LogP contribution in [0.15, 0.2) is 218 Å². The van der Waals surface area contributed by atoms with Crippen molar-refractivity contribution in [1.82, 2.24) is 9.97 Å². The molecule has 0 aliphatic heterocycles. The summed E-state index contributed by atoms with van der Waals surface area (Å²) < 4.78 is 0. The van der Waals surface area contributed by atoms with Crippen molar-refractivity contribution in [3.63, 3.8) is 0 Å². The molecule has 0 aliphatic carbocycles. The Morgan fingerprint density at radius 1 is 0.224 bits per heavy atom. The van der Waals surface area contributed by atoms with Gasteiger partial charge in [-0.05, 0) is 101 Å². The maximum absolute atomic E-state index is 5.39. The Balaban J connectivity index is 1.10. The molecule has 0 radical (unpaired) electrons. The van der Waals surface area contributed by atoms with E-state index in [0.717, 1.165) is 44.2 Å². The molecule has 0 saturated carbocycles. The molecule has 0 atom stereocenters. The van der Waals surface area contributed by atoms with E-state index in [1.54, 1.807) is 0 Å². The number of benzene rings is 10. The number of nitrogens with zero attached hydrogens (tertiary/aromatic N) is 2. The lowest BCUT2D eigenvalue weighted by Gasteiger charge is -2.15. The standard InChI is InChI=1S/C56H36N2/c1-3-13-37(14-4-1)43-28-27-40-19-10-25-52(53(40)35-43)55-36-54(51-26-12-23-49-47(22-11-24-50(49)51)38-15-5-2-6-16-38)57-56(58-55)45-32-30-41-33-44(31-29-42(41)34-45)48-21-9-18-39-17-7-8-20-46(39)48/h1-36H. The number of fused-ring (bicyclic) bond motifs is 4. The van der Waals surface area contributed by atoms with Crippen LogP contribution in [-0.4, -0.2) is 9.97 Å². The molecule has 0 saturated heterocycles. The summed E-state index contributed by atoms with van der Waals surface area (Å²) in [5.74, 6) is 0.694. The van der Waals surface area contributed by atoms with E-state index in [4.69, 9.17) is 9.97 Å². The van der Waals surface area contributed by atoms with Crippen molar-refractivity contribution < 1.29 is 0 Å². The highest BCUT2D eigenvalue weighted by atomic mass is 14.9. The van der Waals surface area contributed by atoms with E-state index in [-0.39, 0.29) is 0 Å². The predicted octanol–water partition coefficient (Wildman–Crippen LogP) is 15.1. The second-order valence-corrected chi connectivity index (χ2v) is 14.9. The first kappa shape index (κ1) is 33.6. The lowest BCUT2D eigenvalue weighted by atomic mass is 9.93. The van der Waals surface area contributed by atoms with Crippen LogP contribution in [0.3, 0.4) is 0 Å². The van der Waals surface area contributed by atoms with E-state index in [9.17, 15) is 0 Å². The van der Waals surface area contributed by atoms with Gasteiger partial charge in [0.1, 0.15) is 0 Å². The first-order valence-electron chi connectivity index (χ1n) is 19.8. The average molecular weight is 737 g/mol. The first-order valence-corrected chi connectivity index (χ1v) is 19.8. The third-order valence-electron chi connectivity index (χ3n) is 11.5. The fourth-order valence-corrected chi connectivity index (χ4v) is 8.59. The molecule has 11 aromatic rings. The molecule has 2 heteroatoms. The molecule has 270 valence electrons. The summed E-state index contributed by atoms with van der Waals surface area (Å²) in [5, 5.41) is 9.50. The minimum absolute atomic E-state index is 0.694. The van der Waals surface area contributed by atoms with Gasteiger partial charge in [0, 0.05) is 16.7 Å². The van der Waals surface area contributed by atoms with Gasteiger partial charge in [-0.3, -0.25) is 0 Å². The summed E-state index contributed by atoms with van der Waals surface area (Å²) in [5.41, 5.74) is 12.1. The Hall–Kier alpha value is -7.68. The maximum Gasteiger partial charge on any atom is 0.160 e. The Bertz CT molecular complexity index is 3290. The highest BCUT2D eigenvalue weighted by Gasteiger charge is 2.17. The number of hydrogen-bond donors (Lipinski definition) is 0. The van der Waals surface area contributed by atoms with Gasteiger partial charge in [0.2, 0.25) is 0 Å². The summed E-state index contributed by atoms with van der Waals surface area (Å²) in [4.78, 5) is 10.8. The monoisotopic (exact) mass is 736 g/mol. The largest absolute Gasteiger partial charge is 0.228 e. The van der Waals surface area contributed by atoms with E-state index in [0.29, 0.717) is 5.82 Å². The molecule has 0 spiro atoms. The zero-order chi connectivity index (χ0) is 38.4. The lowest BCUT2D eigenvalue weighted by molar-refractivity contribution is 1.19. The van der Waals surface area contributed by atoms with Crippen LogP contribution >= 0.6 is 0 Å². The lowest BCUT2D eigenvalue weighted by Crippen LogP contribution is -1.97. The summed E-state index contributed by atoms with van der Waals surface area (Å²) >= 11 is 0. The normalized spacial score (nSPS) is 11.4. The van der Waals surface area contributed by atoms with Crippen molar-refractivity contribution in [3.8, 4) is 67.3 Å². The van der Waals surface area contributed by atoms with Gasteiger partial charge in [-0.2, -0.15) is 0 Å². The fraction of sp³-hybridized carbons (Fsp3) is 0. The van der Waals surface area contributed by atoms with Crippen molar-refractivity contribution in [3.05, 3.63) is 218 Å². The molecular formula is C56H36N2. The van der Waals surface area contributed by atoms with Gasteiger partial charge >= 0.3 is 0 Å². The number of rotatable bonds is 6. The van der Waals surface area contributed by atoms with Crippen molar-refractivity contribution in [2.45, 2.75) is 0 Å². The second kappa shape index (κ2) is 14.1. The molecule has 11 rings (SSSR count). The third-order valence-corrected chi connectivity index (χ3v) is 11.5. The molecule has 1 aromatic heterocycles. The summed E-state index contributed by atoms with van der Waals surface area (Å²) in [6, 6.07) is 78.3. The molecule has 0 unspecified atom stereocenters. The van der Waals surface area contributed by atoms with Crippen LogP contribution in [0.4, 0.5) is 0 Å². The molecule has 58 heavy (non-hydrogen) atoms. The summed E-state index contributed by atoms with van der Waals surface area (Å²) in [6.45, 7) is 0. The SMILES string of the molecule is c1ccc(-c2ccc3cccc(-c4cc(-c5cccc6c(-c7ccccc7)cccc56)nc(-c5ccc6cc(-c7cccc8ccccc78)ccc6c5)n4)c3c2)cc1. The van der Waals surface area contributed by atoms with Crippen LogP contribution < -0.4 is 0 Å². The summed E-state index contributed by atoms with van der Waals surface area (Å²) in [7, 11) is 0. The van der Waals surface area contributed by atoms with Crippen LogP contribution in [0.5, 0.6) is 0 Å². The van der Waals surface area contributed by atoms with Gasteiger partial charge in [0.15, 0.2) is 5.82 Å². The second-order valence-electron chi connectivity index (χ2n) is 14.9. The van der Waals surface area contributed by atoms with Crippen molar-refractivity contribution in [1.29, 1.82) is 0 Å². The number of aromatic nitrogens is 2. The van der Waals surface area contributed by atoms with Gasteiger partial charge in [-0.15, -0.1) is 0 Å². The van der Waals surface area contributed by atoms with Crippen molar-refractivity contribution in [2.75, 3.05) is 0 Å². The van der Waals surface area contributed by atoms with Gasteiger partial charge in [0.05, 0.1) is 11.4 Å². The summed E-state index contributed by atoms with van der Waals surface area (Å²) in [6.07, 6.45) is 0. The van der Waals surface area contributed by atoms with Gasteiger partial charge in [-0.1, -0.05) is 194 Å². The molecule has 10 aromatic carbocycles. The Kier molecular flexibility index (Phi) is 8.19. The average Bonchev–Trinajstić information content (AvgIpc) is 3.30. The van der Waals surface area contributed by atoms with Crippen LogP contribution in [-0.2, 0) is 0 Å². The Morgan fingerprint density at radius 2 is 0.690 bits per heavy atom. The highest BCUT2D eigenvalue weighted by Crippen LogP contribution is 2.39. The van der Waals surface area contributed by atoms with Crippen LogP contribution in [0.1, 0.15) is 0 Å². The maximum atomic E-state index is 5.39. The van der Waals surface area contributed by atoms with E-state index in [2.05, 4.69) is 218 Å². The highest BCUT2D eigenvalue weighted by molar-refractivity contribution is 6.05. The minimum Gasteiger partial charge on any atom is -0.228 e. The minimum atomic E-state index is 0.694. The number of hydrogen-bond acceptors (Lipinski definition) is 2. The van der Waals surface area contributed by atoms with Gasteiger partial charge < -0.3 is 0 Å². The zero-order valence-electron chi connectivity index (χ0n) is 31.7. The smallest absolute Gasteiger partial charge is 0.160 e. The quantitative estimate of drug-likeness (QED) is 0.170. The molecule has 0 amide bonds. The van der Waals surface area contributed by atoms with E-state index in [1.807, 2.05) is 0 Å². The molecule has 2 nitrogen and oxygen atoms in total. The first-order chi connectivity index (χ1) is 28.7. The molecule has 1 heterocycles. The van der Waals surface area contributed by atoms with Gasteiger partial charge in [-0.25, -0.2) is 9.97 Å². The van der Waals surface area contributed by atoms with Crippen LogP contribution in [0.2, 0.25) is 0 Å². The van der Waals surface area contributed by atoms with Crippen LogP contribution in [0, 0.1) is 0 Å². The molecule has 0 aliphatic rings. The van der Waals surface area contributed by atoms with E-state index >= 15 is 0 Å². The third kappa shape index (κ3) is 6.00. The van der Waals surface area contributed by atoms with E-state index < -0.39 is 0 Å². The topological polar surface area (TPSA) is 25.8 Å². The molecule has 0 bridgehead atoms. The fourth-order valence-electron chi connectivity index (χ4n) is 8.59. The van der Waals surface area contributed by atoms with Crippen LogP contribution in [0.25, 0.3) is 110 Å². The predicted molar refractivity (Wildman–Crippen MR) is 245 cm³/mol. The van der Waals surface area contributed by atoms with Crippen molar-refractivity contribution >= 4 is 43.1 Å². The Labute approximate surface area is 337 Å².